The van der Waals surface area contributed by atoms with Crippen molar-refractivity contribution in [2.75, 3.05) is 0 Å². The zero-order chi connectivity index (χ0) is 42.5. The van der Waals surface area contributed by atoms with E-state index in [9.17, 15) is 0 Å². The molecule has 0 atom stereocenters. The van der Waals surface area contributed by atoms with Gasteiger partial charge in [0.25, 0.3) is 0 Å². The van der Waals surface area contributed by atoms with Crippen LogP contribution < -0.4 is 0 Å². The Kier molecular flexibility index (Phi) is 7.92. The summed E-state index contributed by atoms with van der Waals surface area (Å²) in [7, 11) is 0. The second kappa shape index (κ2) is 13.9. The van der Waals surface area contributed by atoms with E-state index in [-0.39, 0.29) is 0 Å². The van der Waals surface area contributed by atoms with Gasteiger partial charge in [0.15, 0.2) is 5.82 Å². The molecule has 9 aromatic carbocycles. The third kappa shape index (κ3) is 5.45. The maximum absolute atomic E-state index is 5.59. The van der Waals surface area contributed by atoms with Crippen molar-refractivity contribution >= 4 is 54.3 Å². The van der Waals surface area contributed by atoms with Gasteiger partial charge in [-0.25, -0.2) is 9.97 Å². The minimum Gasteiger partial charge on any atom is -0.307 e. The summed E-state index contributed by atoms with van der Waals surface area (Å²) in [5.74, 6) is 0.702. The Hall–Kier alpha value is -8.21. The Bertz CT molecular complexity index is 3760. The van der Waals surface area contributed by atoms with Crippen LogP contribution in [0.3, 0.4) is 0 Å². The molecule has 3 aromatic heterocycles. The van der Waals surface area contributed by atoms with Crippen molar-refractivity contribution in [1.82, 2.24) is 19.5 Å². The highest BCUT2D eigenvalue weighted by Crippen LogP contribution is 2.55. The fourth-order valence-corrected chi connectivity index (χ4v) is 10.5. The van der Waals surface area contributed by atoms with E-state index in [4.69, 9.17) is 15.0 Å². The van der Waals surface area contributed by atoms with E-state index < -0.39 is 5.41 Å². The number of hydrogen-bond acceptors (Lipinski definition) is 3. The van der Waals surface area contributed by atoms with E-state index in [1.165, 1.54) is 60.1 Å². The molecule has 0 unspecified atom stereocenters. The number of benzene rings is 9. The van der Waals surface area contributed by atoms with Crippen LogP contribution in [0.15, 0.2) is 206 Å². The largest absolute Gasteiger partial charge is 0.307 e. The van der Waals surface area contributed by atoms with E-state index in [1.807, 2.05) is 12.3 Å². The van der Waals surface area contributed by atoms with Crippen molar-refractivity contribution in [3.63, 3.8) is 0 Å². The molecule has 0 radical (unpaired) electrons. The van der Waals surface area contributed by atoms with E-state index in [0.29, 0.717) is 5.82 Å². The first-order valence-corrected chi connectivity index (χ1v) is 22.0. The van der Waals surface area contributed by atoms with Gasteiger partial charge in [-0.15, -0.1) is 0 Å². The van der Waals surface area contributed by atoms with Crippen LogP contribution in [-0.4, -0.2) is 19.5 Å². The molecule has 0 saturated heterocycles. The first-order chi connectivity index (χ1) is 31.5. The summed E-state index contributed by atoms with van der Waals surface area (Å²) in [6, 6.07) is 72.2. The van der Waals surface area contributed by atoms with Gasteiger partial charge in [0.2, 0.25) is 0 Å². The summed E-state index contributed by atoms with van der Waals surface area (Å²) < 4.78 is 2.43. The molecule has 4 heteroatoms. The van der Waals surface area contributed by atoms with Crippen LogP contribution in [-0.2, 0) is 5.41 Å². The van der Waals surface area contributed by atoms with Crippen molar-refractivity contribution < 1.29 is 0 Å². The number of nitrogens with zero attached hydrogens (tertiary/aromatic N) is 4. The van der Waals surface area contributed by atoms with Crippen LogP contribution in [0.5, 0.6) is 0 Å². The van der Waals surface area contributed by atoms with Gasteiger partial charge in [-0.2, -0.15) is 0 Å². The lowest BCUT2D eigenvalue weighted by atomic mass is 9.78. The lowest BCUT2D eigenvalue weighted by Crippen LogP contribution is -2.18. The molecule has 0 N–H and O–H groups in total. The van der Waals surface area contributed by atoms with Gasteiger partial charge in [-0.05, 0) is 104 Å². The summed E-state index contributed by atoms with van der Waals surface area (Å²) in [4.78, 5) is 16.3. The smallest absolute Gasteiger partial charge is 0.160 e. The number of aromatic nitrogens is 4. The molecule has 13 rings (SSSR count). The van der Waals surface area contributed by atoms with Gasteiger partial charge >= 0.3 is 0 Å². The molecular formula is C60H40N4. The third-order valence-electron chi connectivity index (χ3n) is 13.6. The van der Waals surface area contributed by atoms with E-state index in [1.54, 1.807) is 0 Å². The van der Waals surface area contributed by atoms with Crippen molar-refractivity contribution in [3.05, 3.63) is 218 Å². The molecule has 0 aliphatic heterocycles. The normalized spacial score (nSPS) is 13.0. The molecule has 12 aromatic rings. The zero-order valence-electron chi connectivity index (χ0n) is 35.4. The molecule has 0 spiro atoms. The molecule has 1 aliphatic carbocycles. The van der Waals surface area contributed by atoms with Gasteiger partial charge in [-0.3, -0.25) is 4.98 Å². The Morgan fingerprint density at radius 2 is 0.906 bits per heavy atom. The van der Waals surface area contributed by atoms with Gasteiger partial charge in [-0.1, -0.05) is 159 Å². The molecule has 4 nitrogen and oxygen atoms in total. The van der Waals surface area contributed by atoms with Crippen LogP contribution >= 0.6 is 0 Å². The molecule has 0 amide bonds. The quantitative estimate of drug-likeness (QED) is 0.174. The molecular weight excluding hydrogens is 777 g/mol. The first-order valence-electron chi connectivity index (χ1n) is 22.0. The van der Waals surface area contributed by atoms with Crippen molar-refractivity contribution in [2.45, 2.75) is 19.3 Å². The molecule has 0 fully saturated rings. The third-order valence-corrected chi connectivity index (χ3v) is 13.6. The Morgan fingerprint density at radius 1 is 0.406 bits per heavy atom. The Morgan fingerprint density at radius 3 is 1.48 bits per heavy atom. The predicted octanol–water partition coefficient (Wildman–Crippen LogP) is 15.4. The highest BCUT2D eigenvalue weighted by molar-refractivity contribution is 6.17. The number of rotatable bonds is 5. The van der Waals surface area contributed by atoms with E-state index >= 15 is 0 Å². The van der Waals surface area contributed by atoms with Crippen LogP contribution in [0, 0.1) is 0 Å². The average Bonchev–Trinajstić information content (AvgIpc) is 3.77. The molecule has 64 heavy (non-hydrogen) atoms. The predicted molar refractivity (Wildman–Crippen MR) is 266 cm³/mol. The second-order valence-corrected chi connectivity index (χ2v) is 17.6. The van der Waals surface area contributed by atoms with Crippen LogP contribution in [0.2, 0.25) is 0 Å². The van der Waals surface area contributed by atoms with Crippen molar-refractivity contribution in [1.29, 1.82) is 0 Å². The first kappa shape index (κ1) is 36.4. The molecule has 1 aliphatic rings. The standard InChI is InChI=1S/C60H40N4/c1-60(2)51-36-47(38-19-8-4-9-20-38)46(37-17-6-3-7-18-37)35-50(51)58-55(60)57(62-59(63-58)39-21-10-5-11-22-39)45-28-29-52(56-44(45)27-16-30-61-56)64-53-33-42-25-14-12-23-40(42)31-48(53)49-32-41-24-13-15-26-43(41)34-54(49)64/h3-36H,1-2H3. The molecule has 0 saturated carbocycles. The minimum atomic E-state index is -0.434. The van der Waals surface area contributed by atoms with Crippen LogP contribution in [0.1, 0.15) is 25.0 Å². The van der Waals surface area contributed by atoms with Gasteiger partial charge in [0.05, 0.1) is 33.6 Å². The number of hydrogen-bond donors (Lipinski definition) is 0. The lowest BCUT2D eigenvalue weighted by molar-refractivity contribution is 0.658. The number of fused-ring (bicyclic) bond motifs is 9. The van der Waals surface area contributed by atoms with Crippen molar-refractivity contribution in [2.24, 2.45) is 0 Å². The fourth-order valence-electron chi connectivity index (χ4n) is 10.5. The molecule has 300 valence electrons. The summed E-state index contributed by atoms with van der Waals surface area (Å²) >= 11 is 0. The van der Waals surface area contributed by atoms with E-state index in [0.717, 1.165) is 61.3 Å². The summed E-state index contributed by atoms with van der Waals surface area (Å²) in [6.45, 7) is 4.68. The highest BCUT2D eigenvalue weighted by atomic mass is 15.0. The SMILES string of the molecule is CC1(C)c2cc(-c3ccccc3)c(-c3ccccc3)cc2-c2nc(-c3ccccc3)nc(-c3ccc(-n4c5cc6ccccc6cc5c5cc6ccccc6cc54)c4ncccc34)c21. The summed E-state index contributed by atoms with van der Waals surface area (Å²) in [6.07, 6.45) is 1.92. The minimum absolute atomic E-state index is 0.434. The molecule has 3 heterocycles. The fraction of sp³-hybridized carbons (Fsp3) is 0.0500. The summed E-state index contributed by atoms with van der Waals surface area (Å²) in [5, 5.41) is 8.34. The highest BCUT2D eigenvalue weighted by Gasteiger charge is 2.41. The van der Waals surface area contributed by atoms with Crippen LogP contribution in [0.25, 0.3) is 116 Å². The maximum atomic E-state index is 5.59. The molecule has 0 bridgehead atoms. The number of pyridine rings is 1. The van der Waals surface area contributed by atoms with Gasteiger partial charge in [0.1, 0.15) is 0 Å². The second-order valence-electron chi connectivity index (χ2n) is 17.6. The Balaban J connectivity index is 1.10. The Labute approximate surface area is 370 Å². The summed E-state index contributed by atoms with van der Waals surface area (Å²) in [5.41, 5.74) is 16.0. The topological polar surface area (TPSA) is 43.6 Å². The van der Waals surface area contributed by atoms with Gasteiger partial charge < -0.3 is 4.57 Å². The monoisotopic (exact) mass is 816 g/mol. The lowest BCUT2D eigenvalue weighted by Gasteiger charge is -2.25. The average molecular weight is 817 g/mol. The van der Waals surface area contributed by atoms with Crippen molar-refractivity contribution in [3.8, 4) is 61.8 Å². The van der Waals surface area contributed by atoms with Gasteiger partial charge in [0, 0.05) is 50.0 Å². The van der Waals surface area contributed by atoms with Crippen LogP contribution in [0.4, 0.5) is 0 Å². The zero-order valence-corrected chi connectivity index (χ0v) is 35.4. The maximum Gasteiger partial charge on any atom is 0.160 e. The van der Waals surface area contributed by atoms with E-state index in [2.05, 4.69) is 213 Å².